The number of amides is 2. The Bertz CT molecular complexity index is 932. The lowest BCUT2D eigenvalue weighted by Crippen LogP contribution is -2.27. The van der Waals surface area contributed by atoms with E-state index >= 15 is 0 Å². The van der Waals surface area contributed by atoms with E-state index in [1.807, 2.05) is 26.0 Å². The highest BCUT2D eigenvalue weighted by Crippen LogP contribution is 2.35. The Morgan fingerprint density at radius 3 is 2.28 bits per heavy atom. The van der Waals surface area contributed by atoms with Gasteiger partial charge in [0.25, 0.3) is 0 Å². The molecule has 0 heterocycles. The number of phenolic OH excluding ortho intramolecular Hbond substituents is 1. The summed E-state index contributed by atoms with van der Waals surface area (Å²) < 4.78 is 7.50. The van der Waals surface area contributed by atoms with Gasteiger partial charge in [-0.1, -0.05) is 17.7 Å². The molecular formula is C24H28Br2N2O4. The smallest absolute Gasteiger partial charge is 0.243 e. The van der Waals surface area contributed by atoms with Crippen LogP contribution in [0.15, 0.2) is 57.0 Å². The first kappa shape index (κ1) is 25.9. The zero-order valence-corrected chi connectivity index (χ0v) is 21.4. The van der Waals surface area contributed by atoms with Crippen molar-refractivity contribution in [1.29, 1.82) is 0 Å². The Balaban J connectivity index is 1.75. The third-order valence-electron chi connectivity index (χ3n) is 4.38. The summed E-state index contributed by atoms with van der Waals surface area (Å²) in [6.45, 7) is 5.29. The highest BCUT2D eigenvalue weighted by molar-refractivity contribution is 9.11. The number of carbonyl (C=O) groups excluding carboxylic acids is 2. The number of phenols is 1. The fourth-order valence-electron chi connectivity index (χ4n) is 2.87. The molecule has 0 spiro atoms. The quantitative estimate of drug-likeness (QED) is 0.272. The maximum Gasteiger partial charge on any atom is 0.243 e. The standard InChI is InChI=1S/C24H28Br2N2O4/c1-16(2)12-22(30)27-9-3-11-32-24-20(25)13-18(14-21(24)26)8-10-28-23(31)15-17-4-6-19(29)7-5-17/h4-7,12-14,29H,3,8-11,15H2,1-2H3,(H,27,30)(H,28,31). The molecule has 0 saturated carbocycles. The van der Waals surface area contributed by atoms with Crippen molar-refractivity contribution in [1.82, 2.24) is 10.6 Å². The first-order chi connectivity index (χ1) is 15.2. The first-order valence-corrected chi connectivity index (χ1v) is 11.9. The lowest BCUT2D eigenvalue weighted by Gasteiger charge is -2.13. The first-order valence-electron chi connectivity index (χ1n) is 10.3. The second kappa shape index (κ2) is 13.3. The van der Waals surface area contributed by atoms with E-state index in [0.29, 0.717) is 38.3 Å². The Kier molecular flexibility index (Phi) is 10.8. The average Bonchev–Trinajstić information content (AvgIpc) is 2.70. The summed E-state index contributed by atoms with van der Waals surface area (Å²) in [6.07, 6.45) is 3.21. The number of nitrogens with one attached hydrogen (secondary N) is 2. The third kappa shape index (κ3) is 9.44. The molecule has 3 N–H and O–H groups in total. The summed E-state index contributed by atoms with van der Waals surface area (Å²) in [5, 5.41) is 15.0. The molecule has 0 radical (unpaired) electrons. The fraction of sp³-hybridized carbons (Fsp3) is 0.333. The second-order valence-corrected chi connectivity index (χ2v) is 9.26. The Labute approximate surface area is 205 Å². The molecule has 0 fully saturated rings. The van der Waals surface area contributed by atoms with Crippen LogP contribution >= 0.6 is 31.9 Å². The molecule has 0 aromatic heterocycles. The van der Waals surface area contributed by atoms with Crippen LogP contribution in [0.3, 0.4) is 0 Å². The van der Waals surface area contributed by atoms with Crippen molar-refractivity contribution in [2.45, 2.75) is 33.1 Å². The zero-order valence-electron chi connectivity index (χ0n) is 18.2. The Morgan fingerprint density at radius 1 is 1.00 bits per heavy atom. The summed E-state index contributed by atoms with van der Waals surface area (Å²) >= 11 is 7.10. The van der Waals surface area contributed by atoms with E-state index in [1.165, 1.54) is 0 Å². The maximum absolute atomic E-state index is 12.1. The van der Waals surface area contributed by atoms with E-state index in [-0.39, 0.29) is 24.0 Å². The van der Waals surface area contributed by atoms with Crippen molar-refractivity contribution in [2.75, 3.05) is 19.7 Å². The van der Waals surface area contributed by atoms with E-state index < -0.39 is 0 Å². The van der Waals surface area contributed by atoms with Gasteiger partial charge < -0.3 is 20.5 Å². The van der Waals surface area contributed by atoms with Gasteiger partial charge in [0.2, 0.25) is 11.8 Å². The van der Waals surface area contributed by atoms with Gasteiger partial charge in [0.1, 0.15) is 11.5 Å². The average molecular weight is 568 g/mol. The summed E-state index contributed by atoms with van der Waals surface area (Å²) in [5.41, 5.74) is 2.86. The molecule has 0 bridgehead atoms. The molecule has 0 aliphatic carbocycles. The van der Waals surface area contributed by atoms with E-state index in [0.717, 1.165) is 25.6 Å². The van der Waals surface area contributed by atoms with Crippen LogP contribution in [0.2, 0.25) is 0 Å². The second-order valence-electron chi connectivity index (χ2n) is 7.55. The van der Waals surface area contributed by atoms with Gasteiger partial charge in [-0.2, -0.15) is 0 Å². The number of hydrogen-bond donors (Lipinski definition) is 3. The van der Waals surface area contributed by atoms with Gasteiger partial charge in [-0.15, -0.1) is 0 Å². The van der Waals surface area contributed by atoms with E-state index in [2.05, 4.69) is 42.5 Å². The molecular weight excluding hydrogens is 540 g/mol. The Morgan fingerprint density at radius 2 is 1.66 bits per heavy atom. The molecule has 2 aromatic rings. The summed E-state index contributed by atoms with van der Waals surface area (Å²) in [7, 11) is 0. The van der Waals surface area contributed by atoms with Crippen molar-refractivity contribution in [3.63, 3.8) is 0 Å². The molecule has 2 aromatic carbocycles. The molecule has 0 saturated heterocycles. The molecule has 8 heteroatoms. The SMILES string of the molecule is CC(C)=CC(=O)NCCCOc1c(Br)cc(CCNC(=O)Cc2ccc(O)cc2)cc1Br. The van der Waals surface area contributed by atoms with E-state index in [4.69, 9.17) is 4.74 Å². The number of aromatic hydroxyl groups is 1. The molecule has 2 amide bonds. The van der Waals surface area contributed by atoms with Crippen molar-refractivity contribution in [2.24, 2.45) is 0 Å². The highest BCUT2D eigenvalue weighted by atomic mass is 79.9. The van der Waals surface area contributed by atoms with Crippen LogP contribution in [-0.2, 0) is 22.4 Å². The van der Waals surface area contributed by atoms with Crippen LogP contribution in [0, 0.1) is 0 Å². The number of hydrogen-bond acceptors (Lipinski definition) is 4. The number of rotatable bonds is 11. The van der Waals surface area contributed by atoms with E-state index in [9.17, 15) is 14.7 Å². The summed E-state index contributed by atoms with van der Waals surface area (Å²) in [4.78, 5) is 23.7. The number of ether oxygens (including phenoxy) is 1. The van der Waals surface area contributed by atoms with Crippen LogP contribution in [0.5, 0.6) is 11.5 Å². The molecule has 0 atom stereocenters. The molecule has 32 heavy (non-hydrogen) atoms. The van der Waals surface area contributed by atoms with Crippen LogP contribution in [0.1, 0.15) is 31.4 Å². The van der Waals surface area contributed by atoms with Crippen LogP contribution in [0.25, 0.3) is 0 Å². The maximum atomic E-state index is 12.1. The van der Waals surface area contributed by atoms with Gasteiger partial charge in [0, 0.05) is 19.2 Å². The molecule has 0 aliphatic rings. The van der Waals surface area contributed by atoms with Gasteiger partial charge in [-0.25, -0.2) is 0 Å². The number of carbonyl (C=O) groups is 2. The predicted octanol–water partition coefficient (Wildman–Crippen LogP) is 4.67. The normalized spacial score (nSPS) is 10.4. The van der Waals surface area contributed by atoms with Gasteiger partial charge in [0.05, 0.1) is 22.0 Å². The van der Waals surface area contributed by atoms with Gasteiger partial charge in [-0.3, -0.25) is 9.59 Å². The fourth-order valence-corrected chi connectivity index (χ4v) is 4.38. The number of halogens is 2. The monoisotopic (exact) mass is 566 g/mol. The zero-order chi connectivity index (χ0) is 23.5. The minimum atomic E-state index is -0.0909. The van der Waals surface area contributed by atoms with Crippen molar-refractivity contribution in [3.8, 4) is 11.5 Å². The largest absolute Gasteiger partial charge is 0.508 e. The minimum absolute atomic E-state index is 0.0644. The molecule has 0 aliphatic heterocycles. The van der Waals surface area contributed by atoms with Crippen LogP contribution < -0.4 is 15.4 Å². The highest BCUT2D eigenvalue weighted by Gasteiger charge is 2.10. The van der Waals surface area contributed by atoms with Gasteiger partial charge >= 0.3 is 0 Å². The number of benzene rings is 2. The molecule has 2 rings (SSSR count). The minimum Gasteiger partial charge on any atom is -0.508 e. The van der Waals surface area contributed by atoms with Crippen molar-refractivity contribution < 1.29 is 19.4 Å². The summed E-state index contributed by atoms with van der Waals surface area (Å²) in [6, 6.07) is 10.6. The molecule has 6 nitrogen and oxygen atoms in total. The lowest BCUT2D eigenvalue weighted by atomic mass is 10.1. The van der Waals surface area contributed by atoms with Gasteiger partial charge in [-0.05, 0) is 93.9 Å². The molecule has 172 valence electrons. The van der Waals surface area contributed by atoms with Gasteiger partial charge in [0.15, 0.2) is 0 Å². The summed E-state index contributed by atoms with van der Waals surface area (Å²) in [5.74, 6) is 0.738. The predicted molar refractivity (Wildman–Crippen MR) is 133 cm³/mol. The number of allylic oxidation sites excluding steroid dienone is 1. The van der Waals surface area contributed by atoms with Crippen LogP contribution in [-0.4, -0.2) is 36.6 Å². The van der Waals surface area contributed by atoms with E-state index in [1.54, 1.807) is 30.3 Å². The lowest BCUT2D eigenvalue weighted by molar-refractivity contribution is -0.120. The Hall–Kier alpha value is -2.32. The third-order valence-corrected chi connectivity index (χ3v) is 5.56. The van der Waals surface area contributed by atoms with Crippen molar-refractivity contribution in [3.05, 3.63) is 68.1 Å². The molecule has 0 unspecified atom stereocenters. The van der Waals surface area contributed by atoms with Crippen molar-refractivity contribution >= 4 is 43.7 Å². The topological polar surface area (TPSA) is 87.7 Å². The van der Waals surface area contributed by atoms with Crippen LogP contribution in [0.4, 0.5) is 0 Å².